The minimum absolute atomic E-state index is 0. The van der Waals surface area contributed by atoms with Gasteiger partial charge >= 0.3 is 44.9 Å². The van der Waals surface area contributed by atoms with Crippen molar-refractivity contribution in [3.8, 4) is 113 Å². The Kier molecular flexibility index (Phi) is 17.3. The summed E-state index contributed by atoms with van der Waals surface area (Å²) in [4.78, 5) is 104. The molecule has 11 aromatic carbocycles. The van der Waals surface area contributed by atoms with Crippen molar-refractivity contribution in [1.82, 2.24) is 79.7 Å². The number of aromatic nitrogens is 16. The predicted octanol–water partition coefficient (Wildman–Crippen LogP) is 20.2. The van der Waals surface area contributed by atoms with Crippen LogP contribution in [-0.4, -0.2) is 70.9 Å². The van der Waals surface area contributed by atoms with Gasteiger partial charge in [-0.1, -0.05) is 212 Å². The minimum atomic E-state index is -1.32. The molecule has 0 aliphatic carbocycles. The Labute approximate surface area is 693 Å². The van der Waals surface area contributed by atoms with Crippen LogP contribution in [0.4, 0.5) is 17.1 Å². The molecule has 536 valence electrons. The third-order valence-corrected chi connectivity index (χ3v) is 21.9. The molecule has 24 heteroatoms. The Morgan fingerprint density at radius 1 is 0.316 bits per heavy atom. The third-order valence-electron chi connectivity index (χ3n) is 20.8. The van der Waals surface area contributed by atoms with Crippen LogP contribution in [0.1, 0.15) is 15.3 Å². The molecule has 11 heterocycles. The topological polar surface area (TPSA) is 260 Å². The molecule has 0 saturated heterocycles. The van der Waals surface area contributed by atoms with Gasteiger partial charge in [-0.25, -0.2) is 29.6 Å². The fraction of sp³-hybridized carbons (Fsp3) is 0. The largest absolute Gasteiger partial charge is 2.00 e. The molecule has 7 aromatic heterocycles. The van der Waals surface area contributed by atoms with Crippen molar-refractivity contribution < 1.29 is 48.9 Å². The molecule has 117 heavy (non-hydrogen) atoms. The van der Waals surface area contributed by atoms with Crippen LogP contribution in [0.15, 0.2) is 273 Å². The molecule has 0 unspecified atom stereocenters. The van der Waals surface area contributed by atoms with Crippen LogP contribution in [0.25, 0.3) is 229 Å². The zero-order valence-electron chi connectivity index (χ0n) is 61.2. The van der Waals surface area contributed by atoms with Gasteiger partial charge in [0.2, 0.25) is 5.70 Å². The van der Waals surface area contributed by atoms with E-state index in [1.807, 2.05) is 182 Å². The van der Waals surface area contributed by atoms with Crippen molar-refractivity contribution >= 4 is 140 Å². The number of carboxylic acids is 1. The monoisotopic (exact) mass is 1620 g/mol. The SMILES string of the molecule is [C-]#[N+]/C(=C\c1ccc(/C(=C/c2ccc(N(c3ccc(-c4ccc5c(c4)-c4nc-5nc5[n-]c(nc6nc(nc7[n-]c(n4)c4ccccc74)-c4ccccc4-6)c4ccccc54)cc3)c3ccc(-c4ccc5c(c4)-c4nc-5nc5[n-]c(nc6nc(nc7[n-]c(n4)c4ccccc74)-c4ccccc4-6)c4ccccc54)cc3)cc2)[N+]#[C-])s1)C(=O)O.[Zn+2].[Zn+2]. The molecule has 0 atom stereocenters. The summed E-state index contributed by atoms with van der Waals surface area (Å²) in [7, 11) is 0. The number of aliphatic carboxylic acids is 1. The Hall–Kier alpha value is -15.2. The van der Waals surface area contributed by atoms with Crippen LogP contribution in [-0.2, 0) is 43.8 Å². The average molecular weight is 1630 g/mol. The summed E-state index contributed by atoms with van der Waals surface area (Å²) in [5, 5.41) is 16.0. The number of hydrogen-bond acceptors (Lipinski definition) is 15. The first-order valence-electron chi connectivity index (χ1n) is 36.5. The van der Waals surface area contributed by atoms with Crippen molar-refractivity contribution in [3.05, 3.63) is 311 Å². The first-order valence-corrected chi connectivity index (χ1v) is 37.3. The Bertz CT molecular complexity index is 7430. The van der Waals surface area contributed by atoms with Gasteiger partial charge in [-0.15, -0.1) is 11.3 Å². The van der Waals surface area contributed by atoms with E-state index in [0.29, 0.717) is 107 Å². The van der Waals surface area contributed by atoms with E-state index in [0.717, 1.165) is 132 Å². The first kappa shape index (κ1) is 70.9. The summed E-state index contributed by atoms with van der Waals surface area (Å²) in [5.41, 5.74) is 17.0. The summed E-state index contributed by atoms with van der Waals surface area (Å²) < 4.78 is 0. The molecular formula is C93H47N19O2SZn2. The summed E-state index contributed by atoms with van der Waals surface area (Å²) in [5.74, 6) is 2.36. The number of anilines is 3. The van der Waals surface area contributed by atoms with Crippen molar-refractivity contribution in [2.24, 2.45) is 0 Å². The van der Waals surface area contributed by atoms with Gasteiger partial charge in [0.05, 0.1) is 59.7 Å². The summed E-state index contributed by atoms with van der Waals surface area (Å²) in [6, 6.07) is 88.1. The molecule has 4 aliphatic rings. The van der Waals surface area contributed by atoms with E-state index in [9.17, 15) is 9.90 Å². The number of thiophene rings is 1. The maximum atomic E-state index is 11.7. The van der Waals surface area contributed by atoms with Crippen LogP contribution < -0.4 is 24.8 Å². The number of rotatable bonds is 9. The van der Waals surface area contributed by atoms with Gasteiger partial charge < -0.3 is 69.8 Å². The van der Waals surface area contributed by atoms with E-state index in [4.69, 9.17) is 92.9 Å². The maximum absolute atomic E-state index is 11.7. The summed E-state index contributed by atoms with van der Waals surface area (Å²) in [6.45, 7) is 15.6. The fourth-order valence-electron chi connectivity index (χ4n) is 15.3. The molecule has 0 fully saturated rings. The summed E-state index contributed by atoms with van der Waals surface area (Å²) in [6.07, 6.45) is 3.12. The van der Waals surface area contributed by atoms with Crippen molar-refractivity contribution in [1.29, 1.82) is 0 Å². The molecule has 0 saturated carbocycles. The molecule has 1 N–H and O–H groups in total. The third kappa shape index (κ3) is 12.2. The Morgan fingerprint density at radius 2 is 0.598 bits per heavy atom. The van der Waals surface area contributed by atoms with Crippen molar-refractivity contribution in [2.75, 3.05) is 4.90 Å². The smallest absolute Gasteiger partial charge is 0.486 e. The Morgan fingerprint density at radius 3 is 0.897 bits per heavy atom. The molecule has 0 radical (unpaired) electrons. The van der Waals surface area contributed by atoms with Gasteiger partial charge in [0.1, 0.15) is 0 Å². The second kappa shape index (κ2) is 28.5. The molecule has 0 amide bonds. The molecule has 4 aliphatic heterocycles. The van der Waals surface area contributed by atoms with Gasteiger partial charge in [0, 0.05) is 117 Å². The van der Waals surface area contributed by atoms with Crippen molar-refractivity contribution in [2.45, 2.75) is 0 Å². The standard InChI is InChI=1S/C93H48N19O2S.2Zn/c1-94-74(76-44-41-57(115-76)48-75(95-2)93(113)114)45-49-27-35-54(36-28-49)112(55-37-29-50(30-38-55)52-33-42-70-72(46-52)91-108-87-68-25-13-11-23-66(68)83(104-87)100-79-60-17-5-3-15-58(60)77(96-79)98-81-62-19-7-9-21-64(62)85(102-81)106-89(70)110-91)56-39-31-51(32-40-56)53-34-43-71-73(47-53)92-109-88-69-26-14-12-24-67(69)84(105-88)101-80-61-18-6-4-16-59(61)78(97-80)99-82-63-20-8-10-22-65(63)86(103-82)107-90(71)111-92;;/h3-48H,(H2-3,96,97,98,99,100,101,102,103,104,105,106,107,108,109,110,111,113,114);;/q-3;2*+2/p-1/b74-45-,75-48-;;. The van der Waals surface area contributed by atoms with Crippen LogP contribution in [0.5, 0.6) is 0 Å². The average Bonchev–Trinajstić information content (AvgIpc) is 1.63. The number of carboxylic acid groups (broad SMARTS) is 1. The van der Waals surface area contributed by atoms with Crippen LogP contribution >= 0.6 is 11.3 Å². The Balaban J connectivity index is 0.00000440. The van der Waals surface area contributed by atoms with Gasteiger partial charge in [0.25, 0.3) is 5.70 Å². The molecule has 0 spiro atoms. The number of fused-ring (bicyclic) bond motifs is 40. The van der Waals surface area contributed by atoms with E-state index in [2.05, 4.69) is 87.4 Å². The fourth-order valence-corrected chi connectivity index (χ4v) is 16.2. The normalized spacial score (nSPS) is 11.9. The predicted molar refractivity (Wildman–Crippen MR) is 448 cm³/mol. The molecule has 16 bridgehead atoms. The number of nitrogens with zero attached hydrogens (tertiary/aromatic N) is 19. The zero-order chi connectivity index (χ0) is 76.5. The van der Waals surface area contributed by atoms with E-state index in [1.165, 1.54) is 17.4 Å². The molecule has 18 aromatic rings. The second-order valence-corrected chi connectivity index (χ2v) is 28.7. The van der Waals surface area contributed by atoms with Gasteiger partial charge in [-0.3, -0.25) is 4.79 Å². The van der Waals surface area contributed by atoms with Gasteiger partial charge in [-0.05, 0) is 138 Å². The summed E-state index contributed by atoms with van der Waals surface area (Å²) >= 11 is 1.24. The van der Waals surface area contributed by atoms with E-state index in [-0.39, 0.29) is 39.0 Å². The van der Waals surface area contributed by atoms with Crippen LogP contribution in [0, 0.1) is 13.1 Å². The van der Waals surface area contributed by atoms with Gasteiger partial charge in [-0.2, -0.15) is 0 Å². The second-order valence-electron chi connectivity index (χ2n) is 27.6. The molecule has 21 nitrogen and oxygen atoms in total. The maximum Gasteiger partial charge on any atom is 2.00 e. The quantitative estimate of drug-likeness (QED) is 0.0800. The van der Waals surface area contributed by atoms with Crippen LogP contribution in [0.3, 0.4) is 0 Å². The van der Waals surface area contributed by atoms with E-state index < -0.39 is 11.7 Å². The van der Waals surface area contributed by atoms with E-state index >= 15 is 0 Å². The zero-order valence-corrected chi connectivity index (χ0v) is 68.0. The minimum Gasteiger partial charge on any atom is -0.486 e. The molecular weight excluding hydrogens is 1580 g/mol. The van der Waals surface area contributed by atoms with Crippen LogP contribution in [0.2, 0.25) is 0 Å². The number of hydrogen-bond donors (Lipinski definition) is 1. The first-order chi connectivity index (χ1) is 56.6. The van der Waals surface area contributed by atoms with Gasteiger partial charge in [0.15, 0.2) is 0 Å². The van der Waals surface area contributed by atoms with Crippen molar-refractivity contribution in [3.63, 3.8) is 0 Å². The molecule has 22 rings (SSSR count). The van der Waals surface area contributed by atoms with E-state index in [1.54, 1.807) is 18.2 Å². The number of benzene rings is 11. The number of carbonyl (C=O) groups is 1.